The van der Waals surface area contributed by atoms with E-state index >= 15 is 0 Å². The van der Waals surface area contributed by atoms with Crippen molar-refractivity contribution in [1.29, 1.82) is 0 Å². The average molecular weight is 318 g/mol. The number of pyridine rings is 1. The molecule has 0 aliphatic rings. The maximum atomic E-state index is 13.6. The molecule has 0 bridgehead atoms. The number of aromatic amines is 1. The van der Waals surface area contributed by atoms with Gasteiger partial charge in [-0.15, -0.1) is 0 Å². The lowest BCUT2D eigenvalue weighted by molar-refractivity contribution is 0.102. The smallest absolute Gasteiger partial charge is 0.261 e. The minimum atomic E-state index is -0.866. The maximum absolute atomic E-state index is 13.6. The number of halogens is 3. The highest BCUT2D eigenvalue weighted by Crippen LogP contribution is 2.15. The van der Waals surface area contributed by atoms with Gasteiger partial charge in [0.2, 0.25) is 5.43 Å². The van der Waals surface area contributed by atoms with Crippen LogP contribution in [0.2, 0.25) is 0 Å². The number of aromatic nitrogens is 1. The number of hydrogen-bond donors (Lipinski definition) is 2. The molecule has 1 aromatic heterocycles. The van der Waals surface area contributed by atoms with Gasteiger partial charge in [-0.05, 0) is 24.3 Å². The van der Waals surface area contributed by atoms with Crippen molar-refractivity contribution in [2.45, 2.75) is 0 Å². The number of nitrogens with one attached hydrogen (secondary N) is 2. The zero-order valence-electron chi connectivity index (χ0n) is 11.5. The van der Waals surface area contributed by atoms with E-state index < -0.39 is 28.8 Å². The number of carbonyl (C=O) groups is 1. The Bertz CT molecular complexity index is 962. The molecule has 1 amide bonds. The zero-order valence-corrected chi connectivity index (χ0v) is 11.5. The van der Waals surface area contributed by atoms with Crippen LogP contribution in [0.15, 0.2) is 47.4 Å². The van der Waals surface area contributed by atoms with E-state index in [1.54, 1.807) is 0 Å². The van der Waals surface area contributed by atoms with Gasteiger partial charge in [0.05, 0.1) is 5.52 Å². The minimum Gasteiger partial charge on any atom is -0.358 e. The van der Waals surface area contributed by atoms with Crippen molar-refractivity contribution in [2.24, 2.45) is 0 Å². The molecule has 3 aromatic rings. The molecule has 23 heavy (non-hydrogen) atoms. The van der Waals surface area contributed by atoms with Crippen LogP contribution >= 0.6 is 0 Å². The van der Waals surface area contributed by atoms with Crippen molar-refractivity contribution >= 4 is 22.5 Å². The molecule has 1 heterocycles. The topological polar surface area (TPSA) is 62.0 Å². The summed E-state index contributed by atoms with van der Waals surface area (Å²) >= 11 is 0. The fourth-order valence-electron chi connectivity index (χ4n) is 2.21. The van der Waals surface area contributed by atoms with Gasteiger partial charge in [-0.3, -0.25) is 9.59 Å². The molecular formula is C16H9F3N2O2. The summed E-state index contributed by atoms with van der Waals surface area (Å²) in [7, 11) is 0. The number of H-pyrrole nitrogens is 1. The first-order valence-electron chi connectivity index (χ1n) is 6.53. The van der Waals surface area contributed by atoms with Crippen molar-refractivity contribution < 1.29 is 18.0 Å². The Morgan fingerprint density at radius 3 is 2.43 bits per heavy atom. The first kappa shape index (κ1) is 14.8. The maximum Gasteiger partial charge on any atom is 0.261 e. The molecule has 3 rings (SSSR count). The molecule has 4 nitrogen and oxygen atoms in total. The molecule has 2 N–H and O–H groups in total. The fourth-order valence-corrected chi connectivity index (χ4v) is 2.21. The van der Waals surface area contributed by atoms with Gasteiger partial charge >= 0.3 is 0 Å². The molecule has 7 heteroatoms. The number of hydrogen-bond acceptors (Lipinski definition) is 2. The van der Waals surface area contributed by atoms with Gasteiger partial charge in [0, 0.05) is 23.3 Å². The van der Waals surface area contributed by atoms with Crippen molar-refractivity contribution in [3.63, 3.8) is 0 Å². The van der Waals surface area contributed by atoms with E-state index in [-0.39, 0.29) is 22.2 Å². The van der Waals surface area contributed by atoms with Gasteiger partial charge < -0.3 is 10.3 Å². The van der Waals surface area contributed by atoms with Gasteiger partial charge in [-0.2, -0.15) is 0 Å². The molecule has 0 saturated heterocycles. The lowest BCUT2D eigenvalue weighted by Gasteiger charge is -2.06. The van der Waals surface area contributed by atoms with E-state index in [0.29, 0.717) is 6.07 Å². The highest BCUT2D eigenvalue weighted by molar-refractivity contribution is 6.05. The summed E-state index contributed by atoms with van der Waals surface area (Å²) in [5.41, 5.74) is -1.14. The molecule has 0 fully saturated rings. The third-order valence-electron chi connectivity index (χ3n) is 3.23. The van der Waals surface area contributed by atoms with Crippen molar-refractivity contribution in [3.8, 4) is 0 Å². The Balaban J connectivity index is 2.01. The van der Waals surface area contributed by atoms with Crippen LogP contribution in [0.3, 0.4) is 0 Å². The summed E-state index contributed by atoms with van der Waals surface area (Å²) in [5, 5.41) is 2.23. The number of para-hydroxylation sites is 1. The van der Waals surface area contributed by atoms with E-state index in [4.69, 9.17) is 0 Å². The molecule has 2 aromatic carbocycles. The zero-order chi connectivity index (χ0) is 16.6. The SMILES string of the molecule is O=C(Nc1cc(F)cc(F)c1)c1c[nH]c2c(F)cccc2c1=O. The van der Waals surface area contributed by atoms with Crippen molar-refractivity contribution in [1.82, 2.24) is 4.98 Å². The van der Waals surface area contributed by atoms with Crippen molar-refractivity contribution in [2.75, 3.05) is 5.32 Å². The second-order valence-electron chi connectivity index (χ2n) is 4.81. The van der Waals surface area contributed by atoms with Gasteiger partial charge in [-0.25, -0.2) is 13.2 Å². The number of fused-ring (bicyclic) bond motifs is 1. The van der Waals surface area contributed by atoms with Crippen LogP contribution in [0.1, 0.15) is 10.4 Å². The third-order valence-corrected chi connectivity index (χ3v) is 3.23. The van der Waals surface area contributed by atoms with Crippen LogP contribution in [0.4, 0.5) is 18.9 Å². The summed E-state index contributed by atoms with van der Waals surface area (Å²) in [6.07, 6.45) is 1.05. The normalized spacial score (nSPS) is 10.7. The van der Waals surface area contributed by atoms with E-state index in [2.05, 4.69) is 10.3 Å². The number of anilines is 1. The van der Waals surface area contributed by atoms with E-state index in [9.17, 15) is 22.8 Å². The quantitative estimate of drug-likeness (QED) is 0.762. The number of benzene rings is 2. The van der Waals surface area contributed by atoms with Crippen LogP contribution in [0.25, 0.3) is 10.9 Å². The van der Waals surface area contributed by atoms with E-state index in [1.165, 1.54) is 18.2 Å². The number of rotatable bonds is 2. The predicted molar refractivity (Wildman–Crippen MR) is 78.8 cm³/mol. The second-order valence-corrected chi connectivity index (χ2v) is 4.81. The van der Waals surface area contributed by atoms with Gasteiger partial charge in [0.1, 0.15) is 23.0 Å². The molecule has 0 aliphatic carbocycles. The van der Waals surface area contributed by atoms with E-state index in [1.807, 2.05) is 0 Å². The van der Waals surface area contributed by atoms with Crippen LogP contribution in [-0.2, 0) is 0 Å². The number of carbonyl (C=O) groups excluding carboxylic acids is 1. The standard InChI is InChI=1S/C16H9F3N2O2/c17-8-4-9(18)6-10(5-8)21-16(23)12-7-20-14-11(15(12)22)2-1-3-13(14)19/h1-7H,(H,20,22)(H,21,23). The Labute approximate surface area is 127 Å². The third kappa shape index (κ3) is 2.80. The van der Waals surface area contributed by atoms with Crippen LogP contribution in [-0.4, -0.2) is 10.9 Å². The fraction of sp³-hybridized carbons (Fsp3) is 0. The van der Waals surface area contributed by atoms with Crippen LogP contribution in [0.5, 0.6) is 0 Å². The Hall–Kier alpha value is -3.09. The molecular weight excluding hydrogens is 309 g/mol. The van der Waals surface area contributed by atoms with Crippen LogP contribution < -0.4 is 10.7 Å². The summed E-state index contributed by atoms with van der Waals surface area (Å²) in [6, 6.07) is 6.37. The first-order valence-corrected chi connectivity index (χ1v) is 6.53. The monoisotopic (exact) mass is 318 g/mol. The Morgan fingerprint density at radius 2 is 1.74 bits per heavy atom. The Kier molecular flexibility index (Phi) is 3.61. The Morgan fingerprint density at radius 1 is 1.04 bits per heavy atom. The molecule has 0 aliphatic heterocycles. The minimum absolute atomic E-state index is 0.00285. The van der Waals surface area contributed by atoms with Gasteiger partial charge in [0.15, 0.2) is 0 Å². The second kappa shape index (κ2) is 5.60. The molecule has 0 spiro atoms. The molecule has 0 unspecified atom stereocenters. The van der Waals surface area contributed by atoms with Gasteiger partial charge in [-0.1, -0.05) is 6.07 Å². The summed E-state index contributed by atoms with van der Waals surface area (Å²) in [6.45, 7) is 0. The number of amides is 1. The summed E-state index contributed by atoms with van der Waals surface area (Å²) < 4.78 is 39.8. The first-order chi connectivity index (χ1) is 11.0. The van der Waals surface area contributed by atoms with Crippen molar-refractivity contribution in [3.05, 3.63) is 75.8 Å². The highest BCUT2D eigenvalue weighted by Gasteiger charge is 2.15. The molecule has 0 radical (unpaired) electrons. The summed E-state index contributed by atoms with van der Waals surface area (Å²) in [4.78, 5) is 26.9. The molecule has 0 atom stereocenters. The lowest BCUT2D eigenvalue weighted by Crippen LogP contribution is -2.22. The van der Waals surface area contributed by atoms with E-state index in [0.717, 1.165) is 18.3 Å². The van der Waals surface area contributed by atoms with Crippen LogP contribution in [0, 0.1) is 17.5 Å². The molecule has 116 valence electrons. The molecule has 0 saturated carbocycles. The predicted octanol–water partition coefficient (Wildman–Crippen LogP) is 3.20. The summed E-state index contributed by atoms with van der Waals surface area (Å²) in [5.74, 6) is -3.22. The lowest BCUT2D eigenvalue weighted by atomic mass is 10.1. The average Bonchev–Trinajstić information content (AvgIpc) is 2.47. The highest BCUT2D eigenvalue weighted by atomic mass is 19.1. The van der Waals surface area contributed by atoms with Gasteiger partial charge in [0.25, 0.3) is 5.91 Å². The largest absolute Gasteiger partial charge is 0.358 e.